The summed E-state index contributed by atoms with van der Waals surface area (Å²) in [4.78, 5) is 3.97. The van der Waals surface area contributed by atoms with E-state index < -0.39 is 0 Å². The zero-order valence-corrected chi connectivity index (χ0v) is 9.84. The van der Waals surface area contributed by atoms with Gasteiger partial charge in [0, 0.05) is 11.8 Å². The average Bonchev–Trinajstić information content (AvgIpc) is 2.40. The molecule has 0 bridgehead atoms. The van der Waals surface area contributed by atoms with Crippen molar-refractivity contribution in [3.05, 3.63) is 36.0 Å². The van der Waals surface area contributed by atoms with Crippen LogP contribution in [0.15, 0.2) is 30.5 Å². The van der Waals surface area contributed by atoms with Crippen molar-refractivity contribution in [3.63, 3.8) is 0 Å². The topological polar surface area (TPSA) is 98.0 Å². The lowest BCUT2D eigenvalue weighted by Gasteiger charge is -2.10. The molecular formula is C13H12N4O. The first-order chi connectivity index (χ1) is 8.67. The van der Waals surface area contributed by atoms with Crippen LogP contribution in [-0.4, -0.2) is 12.1 Å². The van der Waals surface area contributed by atoms with Gasteiger partial charge in [-0.2, -0.15) is 5.26 Å². The third kappa shape index (κ3) is 1.92. The largest absolute Gasteiger partial charge is 0.497 e. The van der Waals surface area contributed by atoms with Gasteiger partial charge >= 0.3 is 0 Å². The Kier molecular flexibility index (Phi) is 3.02. The molecule has 18 heavy (non-hydrogen) atoms. The van der Waals surface area contributed by atoms with Gasteiger partial charge in [0.1, 0.15) is 17.6 Å². The van der Waals surface area contributed by atoms with Crippen LogP contribution >= 0.6 is 0 Å². The number of methoxy groups -OCH3 is 1. The smallest absolute Gasteiger partial charge is 0.133 e. The molecule has 0 atom stereocenters. The number of hydrogen-bond donors (Lipinski definition) is 2. The molecule has 0 amide bonds. The Morgan fingerprint density at radius 2 is 1.89 bits per heavy atom. The van der Waals surface area contributed by atoms with E-state index in [1.165, 1.54) is 6.20 Å². The molecule has 0 aliphatic rings. The van der Waals surface area contributed by atoms with E-state index in [1.54, 1.807) is 19.2 Å². The summed E-state index contributed by atoms with van der Waals surface area (Å²) in [6.45, 7) is 0. The van der Waals surface area contributed by atoms with E-state index in [9.17, 15) is 0 Å². The molecule has 0 radical (unpaired) electrons. The normalized spacial score (nSPS) is 9.78. The highest BCUT2D eigenvalue weighted by Gasteiger charge is 2.12. The average molecular weight is 240 g/mol. The number of benzene rings is 1. The van der Waals surface area contributed by atoms with Gasteiger partial charge in [0.25, 0.3) is 0 Å². The van der Waals surface area contributed by atoms with Crippen molar-refractivity contribution in [2.24, 2.45) is 0 Å². The Hall–Kier alpha value is -2.74. The quantitative estimate of drug-likeness (QED) is 0.833. The lowest BCUT2D eigenvalue weighted by Crippen LogP contribution is -2.01. The maximum absolute atomic E-state index is 8.93. The van der Waals surface area contributed by atoms with E-state index in [2.05, 4.69) is 4.98 Å². The number of anilines is 2. The Labute approximate surface area is 105 Å². The van der Waals surface area contributed by atoms with Gasteiger partial charge in [-0.05, 0) is 17.7 Å². The molecule has 0 unspecified atom stereocenters. The van der Waals surface area contributed by atoms with Crippen molar-refractivity contribution < 1.29 is 4.74 Å². The van der Waals surface area contributed by atoms with Crippen molar-refractivity contribution >= 4 is 11.5 Å². The van der Waals surface area contributed by atoms with Crippen molar-refractivity contribution in [3.8, 4) is 22.9 Å². The molecule has 2 rings (SSSR count). The number of nitrogens with two attached hydrogens (primary N) is 2. The lowest BCUT2D eigenvalue weighted by molar-refractivity contribution is 0.415. The first-order valence-corrected chi connectivity index (χ1v) is 5.26. The minimum atomic E-state index is 0.302. The summed E-state index contributed by atoms with van der Waals surface area (Å²) in [6, 6.07) is 9.23. The summed E-state index contributed by atoms with van der Waals surface area (Å²) in [5.74, 6) is 1.04. The first kappa shape index (κ1) is 11.7. The van der Waals surface area contributed by atoms with Crippen LogP contribution in [0, 0.1) is 11.3 Å². The Morgan fingerprint density at radius 1 is 1.22 bits per heavy atom. The number of nitrogen functional groups attached to an aromatic ring is 2. The number of ether oxygens (including phenoxy) is 1. The van der Waals surface area contributed by atoms with Gasteiger partial charge in [-0.25, -0.2) is 4.98 Å². The Morgan fingerprint density at radius 3 is 2.44 bits per heavy atom. The number of rotatable bonds is 2. The van der Waals surface area contributed by atoms with Crippen LogP contribution in [-0.2, 0) is 0 Å². The van der Waals surface area contributed by atoms with Crippen LogP contribution < -0.4 is 16.2 Å². The first-order valence-electron chi connectivity index (χ1n) is 5.26. The molecule has 4 N–H and O–H groups in total. The molecule has 0 spiro atoms. The van der Waals surface area contributed by atoms with Gasteiger partial charge in [0.05, 0.1) is 18.4 Å². The number of nitriles is 1. The predicted octanol–water partition coefficient (Wildman–Crippen LogP) is 1.79. The molecule has 0 fully saturated rings. The fourth-order valence-corrected chi connectivity index (χ4v) is 1.69. The zero-order chi connectivity index (χ0) is 13.1. The molecule has 1 aromatic carbocycles. The van der Waals surface area contributed by atoms with Crippen LogP contribution in [0.25, 0.3) is 11.1 Å². The fraction of sp³-hybridized carbons (Fsp3) is 0.0769. The second-order valence-corrected chi connectivity index (χ2v) is 3.69. The second-order valence-electron chi connectivity index (χ2n) is 3.69. The molecule has 2 aromatic rings. The van der Waals surface area contributed by atoms with Crippen molar-refractivity contribution in [1.82, 2.24) is 4.98 Å². The highest BCUT2D eigenvalue weighted by Crippen LogP contribution is 2.33. The Balaban J connectivity index is 2.59. The van der Waals surface area contributed by atoms with Crippen LogP contribution in [0.3, 0.4) is 0 Å². The van der Waals surface area contributed by atoms with Gasteiger partial charge in [0.2, 0.25) is 0 Å². The molecule has 5 nitrogen and oxygen atoms in total. The zero-order valence-electron chi connectivity index (χ0n) is 9.84. The van der Waals surface area contributed by atoms with E-state index in [4.69, 9.17) is 21.5 Å². The SMILES string of the molecule is COc1ccc(-c2c(N)ncc(C#N)c2N)cc1. The second kappa shape index (κ2) is 4.63. The van der Waals surface area contributed by atoms with Gasteiger partial charge in [-0.15, -0.1) is 0 Å². The lowest BCUT2D eigenvalue weighted by atomic mass is 10.0. The molecule has 1 heterocycles. The molecule has 90 valence electrons. The standard InChI is InChI=1S/C13H12N4O/c1-18-10-4-2-8(3-5-10)11-12(15)9(6-14)7-17-13(11)16/h2-5,7H,1H3,(H4,15,16,17). The fourth-order valence-electron chi connectivity index (χ4n) is 1.69. The molecular weight excluding hydrogens is 228 g/mol. The summed E-state index contributed by atoms with van der Waals surface area (Å²) in [7, 11) is 1.59. The van der Waals surface area contributed by atoms with Gasteiger partial charge in [-0.1, -0.05) is 12.1 Å². The maximum Gasteiger partial charge on any atom is 0.133 e. The summed E-state index contributed by atoms with van der Waals surface area (Å²) in [5.41, 5.74) is 13.8. The minimum Gasteiger partial charge on any atom is -0.497 e. The molecule has 5 heteroatoms. The van der Waals surface area contributed by atoms with E-state index >= 15 is 0 Å². The summed E-state index contributed by atoms with van der Waals surface area (Å²) in [6.07, 6.45) is 1.37. The van der Waals surface area contributed by atoms with Crippen LogP contribution in [0.4, 0.5) is 11.5 Å². The van der Waals surface area contributed by atoms with E-state index in [-0.39, 0.29) is 0 Å². The summed E-state index contributed by atoms with van der Waals surface area (Å²) < 4.78 is 5.08. The monoisotopic (exact) mass is 240 g/mol. The third-order valence-corrected chi connectivity index (χ3v) is 2.65. The van der Waals surface area contributed by atoms with Crippen molar-refractivity contribution in [2.75, 3.05) is 18.6 Å². The van der Waals surface area contributed by atoms with Crippen LogP contribution in [0.2, 0.25) is 0 Å². The van der Waals surface area contributed by atoms with Crippen molar-refractivity contribution in [1.29, 1.82) is 5.26 Å². The highest BCUT2D eigenvalue weighted by atomic mass is 16.5. The molecule has 1 aromatic heterocycles. The van der Waals surface area contributed by atoms with Crippen LogP contribution in [0.1, 0.15) is 5.56 Å². The van der Waals surface area contributed by atoms with E-state index in [0.717, 1.165) is 11.3 Å². The number of nitrogens with zero attached hydrogens (tertiary/aromatic N) is 2. The number of pyridine rings is 1. The predicted molar refractivity (Wildman–Crippen MR) is 69.8 cm³/mol. The van der Waals surface area contributed by atoms with Gasteiger partial charge in [-0.3, -0.25) is 0 Å². The minimum absolute atomic E-state index is 0.302. The molecule has 0 saturated carbocycles. The molecule has 0 aliphatic carbocycles. The maximum atomic E-state index is 8.93. The summed E-state index contributed by atoms with van der Waals surface area (Å²) in [5, 5.41) is 8.93. The number of aromatic nitrogens is 1. The van der Waals surface area contributed by atoms with Crippen LogP contribution in [0.5, 0.6) is 5.75 Å². The Bertz CT molecular complexity index is 614. The van der Waals surface area contributed by atoms with E-state index in [0.29, 0.717) is 22.6 Å². The third-order valence-electron chi connectivity index (χ3n) is 2.65. The number of hydrogen-bond acceptors (Lipinski definition) is 5. The summed E-state index contributed by atoms with van der Waals surface area (Å²) >= 11 is 0. The molecule has 0 saturated heterocycles. The van der Waals surface area contributed by atoms with Gasteiger partial charge in [0.15, 0.2) is 0 Å². The van der Waals surface area contributed by atoms with E-state index in [1.807, 2.05) is 18.2 Å². The molecule has 0 aliphatic heterocycles. The van der Waals surface area contributed by atoms with Crippen molar-refractivity contribution in [2.45, 2.75) is 0 Å². The highest BCUT2D eigenvalue weighted by molar-refractivity contribution is 5.87. The van der Waals surface area contributed by atoms with Gasteiger partial charge < -0.3 is 16.2 Å².